The normalized spacial score (nSPS) is 11.1. The number of carbonyl (C=O) groups is 1. The smallest absolute Gasteiger partial charge is 0.243 e. The van der Waals surface area contributed by atoms with Gasteiger partial charge in [-0.3, -0.25) is 4.79 Å². The van der Waals surface area contributed by atoms with Crippen LogP contribution >= 0.6 is 27.5 Å². The van der Waals surface area contributed by atoms with E-state index >= 15 is 0 Å². The van der Waals surface area contributed by atoms with E-state index in [1.165, 1.54) is 37.4 Å². The molecule has 0 heterocycles. The van der Waals surface area contributed by atoms with Gasteiger partial charge in [-0.15, -0.1) is 0 Å². The molecule has 2 aromatic rings. The van der Waals surface area contributed by atoms with Crippen LogP contribution in [-0.2, 0) is 14.8 Å². The fourth-order valence-corrected chi connectivity index (χ4v) is 4.35. The number of sulfonamides is 1. The zero-order valence-corrected chi connectivity index (χ0v) is 18.2. The van der Waals surface area contributed by atoms with Gasteiger partial charge in [-0.1, -0.05) is 11.6 Å². The lowest BCUT2D eigenvalue weighted by molar-refractivity contribution is -0.116. The molecule has 0 aliphatic carbocycles. The predicted octanol–water partition coefficient (Wildman–Crippen LogP) is 3.63. The summed E-state index contributed by atoms with van der Waals surface area (Å²) in [7, 11) is -2.60. The highest BCUT2D eigenvalue weighted by molar-refractivity contribution is 9.10. The number of nitriles is 1. The molecule has 0 aliphatic rings. The topological polar surface area (TPSA) is 99.5 Å². The van der Waals surface area contributed by atoms with Gasteiger partial charge in [-0.05, 0) is 59.3 Å². The molecule has 0 unspecified atom stereocenters. The van der Waals surface area contributed by atoms with Crippen molar-refractivity contribution < 1.29 is 17.9 Å². The summed E-state index contributed by atoms with van der Waals surface area (Å²) in [5.41, 5.74) is 0.671. The number of nitrogens with zero attached hydrogens (tertiary/aromatic N) is 2. The first-order valence-electron chi connectivity index (χ1n) is 8.07. The first-order valence-corrected chi connectivity index (χ1v) is 10.7. The second-order valence-corrected chi connectivity index (χ2v) is 8.98. The molecule has 10 heteroatoms. The molecule has 0 atom stereocenters. The van der Waals surface area contributed by atoms with Gasteiger partial charge in [0, 0.05) is 12.1 Å². The van der Waals surface area contributed by atoms with Crippen LogP contribution in [0.15, 0.2) is 45.8 Å². The van der Waals surface area contributed by atoms with Crippen molar-refractivity contribution in [2.45, 2.75) is 11.8 Å². The molecule has 0 saturated heterocycles. The van der Waals surface area contributed by atoms with E-state index in [4.69, 9.17) is 21.6 Å². The highest BCUT2D eigenvalue weighted by atomic mass is 79.9. The van der Waals surface area contributed by atoms with Gasteiger partial charge < -0.3 is 10.1 Å². The van der Waals surface area contributed by atoms with Gasteiger partial charge in [0.2, 0.25) is 15.9 Å². The van der Waals surface area contributed by atoms with E-state index in [0.29, 0.717) is 33.1 Å². The van der Waals surface area contributed by atoms with Gasteiger partial charge in [0.1, 0.15) is 0 Å². The number of anilines is 1. The maximum Gasteiger partial charge on any atom is 0.243 e. The molecule has 1 N–H and O–H groups in total. The molecule has 0 bridgehead atoms. The van der Waals surface area contributed by atoms with E-state index in [0.717, 1.165) is 4.31 Å². The molecular formula is C18H17BrClN3O4S. The standard InChI is InChI=1S/C18H17BrClN3O4S/c1-3-27-18-15(19)8-13(20)9-16(18)22-17(24)11-23(2)28(25,26)14-6-4-12(10-21)5-7-14/h4-9H,3,11H2,1-2H3,(H,22,24). The van der Waals surface area contributed by atoms with Crippen molar-refractivity contribution in [3.63, 3.8) is 0 Å². The van der Waals surface area contributed by atoms with Crippen LogP contribution in [-0.4, -0.2) is 38.8 Å². The van der Waals surface area contributed by atoms with Gasteiger partial charge in [0.05, 0.1) is 39.8 Å². The average molecular weight is 487 g/mol. The van der Waals surface area contributed by atoms with Crippen LogP contribution in [0.25, 0.3) is 0 Å². The van der Waals surface area contributed by atoms with Gasteiger partial charge in [-0.2, -0.15) is 9.57 Å². The molecule has 28 heavy (non-hydrogen) atoms. The lowest BCUT2D eigenvalue weighted by Crippen LogP contribution is -2.35. The van der Waals surface area contributed by atoms with E-state index in [2.05, 4.69) is 21.2 Å². The molecule has 0 aromatic heterocycles. The number of carbonyl (C=O) groups excluding carboxylic acids is 1. The molecule has 2 rings (SSSR count). The van der Waals surface area contributed by atoms with E-state index < -0.39 is 22.5 Å². The van der Waals surface area contributed by atoms with E-state index in [1.54, 1.807) is 13.0 Å². The average Bonchev–Trinajstić information content (AvgIpc) is 2.64. The second-order valence-electron chi connectivity index (χ2n) is 5.64. The number of rotatable bonds is 7. The lowest BCUT2D eigenvalue weighted by Gasteiger charge is -2.18. The number of amides is 1. The highest BCUT2D eigenvalue weighted by Crippen LogP contribution is 2.36. The number of likely N-dealkylation sites (N-methyl/N-ethyl adjacent to an activating group) is 1. The Balaban J connectivity index is 2.17. The fraction of sp³-hybridized carbons (Fsp3) is 0.222. The van der Waals surface area contributed by atoms with E-state index in [1.807, 2.05) is 6.07 Å². The third-order valence-corrected chi connectivity index (χ3v) is 6.25. The minimum atomic E-state index is -3.89. The van der Waals surface area contributed by atoms with Gasteiger partial charge in [0.25, 0.3) is 0 Å². The summed E-state index contributed by atoms with van der Waals surface area (Å²) in [4.78, 5) is 12.4. The van der Waals surface area contributed by atoms with Crippen LogP contribution in [0.3, 0.4) is 0 Å². The fourth-order valence-electron chi connectivity index (χ4n) is 2.30. The molecule has 0 spiro atoms. The monoisotopic (exact) mass is 485 g/mol. The SMILES string of the molecule is CCOc1c(Br)cc(Cl)cc1NC(=O)CN(C)S(=O)(=O)c1ccc(C#N)cc1. The first-order chi connectivity index (χ1) is 13.2. The van der Waals surface area contributed by atoms with Crippen molar-refractivity contribution in [2.75, 3.05) is 25.5 Å². The molecule has 0 saturated carbocycles. The van der Waals surface area contributed by atoms with Crippen LogP contribution in [0.2, 0.25) is 5.02 Å². The number of hydrogen-bond acceptors (Lipinski definition) is 5. The second kappa shape index (κ2) is 9.39. The van der Waals surface area contributed by atoms with Crippen molar-refractivity contribution in [1.82, 2.24) is 4.31 Å². The maximum atomic E-state index is 12.6. The molecule has 0 radical (unpaired) electrons. The van der Waals surface area contributed by atoms with Crippen molar-refractivity contribution >= 4 is 49.1 Å². The summed E-state index contributed by atoms with van der Waals surface area (Å²) in [6.07, 6.45) is 0. The zero-order chi connectivity index (χ0) is 20.9. The molecule has 0 aliphatic heterocycles. The van der Waals surface area contributed by atoms with Crippen molar-refractivity contribution in [2.24, 2.45) is 0 Å². The van der Waals surface area contributed by atoms with Crippen LogP contribution in [0.1, 0.15) is 12.5 Å². The van der Waals surface area contributed by atoms with Gasteiger partial charge in [-0.25, -0.2) is 8.42 Å². The molecule has 2 aromatic carbocycles. The molecule has 0 fully saturated rings. The Kier molecular flexibility index (Phi) is 7.43. The Morgan fingerprint density at radius 1 is 1.32 bits per heavy atom. The summed E-state index contributed by atoms with van der Waals surface area (Å²) in [6, 6.07) is 10.5. The molecule has 7 nitrogen and oxygen atoms in total. The summed E-state index contributed by atoms with van der Waals surface area (Å²) in [6.45, 7) is 1.75. The molecular weight excluding hydrogens is 470 g/mol. The Morgan fingerprint density at radius 2 is 1.96 bits per heavy atom. The molecule has 1 amide bonds. The molecule has 148 valence electrons. The summed E-state index contributed by atoms with van der Waals surface area (Å²) >= 11 is 9.35. The summed E-state index contributed by atoms with van der Waals surface area (Å²) in [5.74, 6) is -0.160. The van der Waals surface area contributed by atoms with Gasteiger partial charge in [0.15, 0.2) is 5.75 Å². The Bertz CT molecular complexity index is 1020. The maximum absolute atomic E-state index is 12.6. The number of nitrogens with one attached hydrogen (secondary N) is 1. The minimum Gasteiger partial charge on any atom is -0.491 e. The lowest BCUT2D eigenvalue weighted by atomic mass is 10.2. The van der Waals surface area contributed by atoms with E-state index in [-0.39, 0.29) is 4.90 Å². The van der Waals surface area contributed by atoms with Crippen molar-refractivity contribution in [1.29, 1.82) is 5.26 Å². The quantitative estimate of drug-likeness (QED) is 0.644. The number of halogens is 2. The Labute approximate surface area is 177 Å². The third-order valence-electron chi connectivity index (χ3n) is 3.63. The van der Waals surface area contributed by atoms with Gasteiger partial charge >= 0.3 is 0 Å². The number of ether oxygens (including phenoxy) is 1. The first kappa shape index (κ1) is 22.2. The predicted molar refractivity (Wildman–Crippen MR) is 110 cm³/mol. The van der Waals surface area contributed by atoms with Crippen LogP contribution in [0, 0.1) is 11.3 Å². The van der Waals surface area contributed by atoms with Crippen LogP contribution in [0.4, 0.5) is 5.69 Å². The third kappa shape index (κ3) is 5.23. The van der Waals surface area contributed by atoms with Crippen LogP contribution < -0.4 is 10.1 Å². The highest BCUT2D eigenvalue weighted by Gasteiger charge is 2.23. The zero-order valence-electron chi connectivity index (χ0n) is 15.1. The minimum absolute atomic E-state index is 0.0118. The Hall–Kier alpha value is -2.12. The van der Waals surface area contributed by atoms with Crippen molar-refractivity contribution in [3.8, 4) is 11.8 Å². The van der Waals surface area contributed by atoms with Crippen LogP contribution in [0.5, 0.6) is 5.75 Å². The van der Waals surface area contributed by atoms with Crippen molar-refractivity contribution in [3.05, 3.63) is 51.5 Å². The van der Waals surface area contributed by atoms with E-state index in [9.17, 15) is 13.2 Å². The Morgan fingerprint density at radius 3 is 2.54 bits per heavy atom. The summed E-state index contributed by atoms with van der Waals surface area (Å²) < 4.78 is 32.2. The summed E-state index contributed by atoms with van der Waals surface area (Å²) in [5, 5.41) is 11.8. The number of benzene rings is 2. The largest absolute Gasteiger partial charge is 0.491 e. The number of hydrogen-bond donors (Lipinski definition) is 1.